The van der Waals surface area contributed by atoms with E-state index in [4.69, 9.17) is 4.74 Å². The molecule has 0 spiro atoms. The third-order valence-corrected chi connectivity index (χ3v) is 3.48. The Balaban J connectivity index is 2.23. The Hall–Kier alpha value is -1.44. The van der Waals surface area contributed by atoms with E-state index in [1.807, 2.05) is 12.1 Å². The minimum atomic E-state index is 0.206. The van der Waals surface area contributed by atoms with Crippen molar-refractivity contribution in [1.82, 2.24) is 4.90 Å². The topological polar surface area (TPSA) is 12.5 Å². The molecule has 1 aliphatic heterocycles. The third kappa shape index (κ3) is 2.87. The summed E-state index contributed by atoms with van der Waals surface area (Å²) in [5, 5.41) is 0. The van der Waals surface area contributed by atoms with Crippen LogP contribution in [0.15, 0.2) is 30.5 Å². The van der Waals surface area contributed by atoms with Crippen LogP contribution >= 0.6 is 0 Å². The van der Waals surface area contributed by atoms with Crippen LogP contribution in [0.25, 0.3) is 5.57 Å². The summed E-state index contributed by atoms with van der Waals surface area (Å²) < 4.78 is 5.20. The lowest BCUT2D eigenvalue weighted by Gasteiger charge is -2.38. The first-order valence-electron chi connectivity index (χ1n) is 6.62. The molecule has 98 valence electrons. The van der Waals surface area contributed by atoms with E-state index in [9.17, 15) is 0 Å². The monoisotopic (exact) mass is 245 g/mol. The van der Waals surface area contributed by atoms with E-state index >= 15 is 0 Å². The lowest BCUT2D eigenvalue weighted by atomic mass is 9.96. The second-order valence-electron chi connectivity index (χ2n) is 5.85. The number of methoxy groups -OCH3 is 1. The smallest absolute Gasteiger partial charge is 0.118 e. The van der Waals surface area contributed by atoms with Gasteiger partial charge in [-0.3, -0.25) is 0 Å². The van der Waals surface area contributed by atoms with Crippen LogP contribution in [0.4, 0.5) is 0 Å². The normalized spacial score (nSPS) is 16.4. The first kappa shape index (κ1) is 13.0. The lowest BCUT2D eigenvalue weighted by Crippen LogP contribution is -2.39. The molecule has 0 bridgehead atoms. The van der Waals surface area contributed by atoms with Gasteiger partial charge in [-0.2, -0.15) is 0 Å². The van der Waals surface area contributed by atoms with Gasteiger partial charge in [0.1, 0.15) is 5.75 Å². The molecule has 0 amide bonds. The Morgan fingerprint density at radius 2 is 1.78 bits per heavy atom. The van der Waals surface area contributed by atoms with Crippen molar-refractivity contribution >= 4 is 5.57 Å². The van der Waals surface area contributed by atoms with Crippen molar-refractivity contribution in [1.29, 1.82) is 0 Å². The van der Waals surface area contributed by atoms with Crippen molar-refractivity contribution in [2.75, 3.05) is 13.7 Å². The minimum absolute atomic E-state index is 0.206. The molecule has 1 aromatic rings. The zero-order chi connectivity index (χ0) is 13.2. The SMILES string of the molecule is COc1ccc(C2=CN(C(C)(C)C)CCC2)cc1. The Morgan fingerprint density at radius 3 is 2.33 bits per heavy atom. The molecule has 18 heavy (non-hydrogen) atoms. The van der Waals surface area contributed by atoms with Crippen molar-refractivity contribution in [2.24, 2.45) is 0 Å². The summed E-state index contributed by atoms with van der Waals surface area (Å²) in [5.74, 6) is 0.919. The second kappa shape index (κ2) is 5.05. The molecular formula is C16H23NO. The van der Waals surface area contributed by atoms with Gasteiger partial charge in [0.15, 0.2) is 0 Å². The van der Waals surface area contributed by atoms with Crippen molar-refractivity contribution in [3.05, 3.63) is 36.0 Å². The van der Waals surface area contributed by atoms with Gasteiger partial charge in [0.05, 0.1) is 7.11 Å². The molecule has 1 aromatic carbocycles. The zero-order valence-electron chi connectivity index (χ0n) is 11.9. The number of ether oxygens (including phenoxy) is 1. The first-order valence-corrected chi connectivity index (χ1v) is 6.62. The van der Waals surface area contributed by atoms with Crippen LogP contribution in [0.5, 0.6) is 5.75 Å². The predicted octanol–water partition coefficient (Wildman–Crippen LogP) is 3.93. The average Bonchev–Trinajstić information content (AvgIpc) is 2.38. The van der Waals surface area contributed by atoms with Crippen LogP contribution in [0, 0.1) is 0 Å². The predicted molar refractivity (Wildman–Crippen MR) is 76.7 cm³/mol. The number of allylic oxidation sites excluding steroid dienone is 1. The van der Waals surface area contributed by atoms with Gasteiger partial charge in [0.25, 0.3) is 0 Å². The molecule has 1 heterocycles. The van der Waals surface area contributed by atoms with Crippen molar-refractivity contribution < 1.29 is 4.74 Å². The molecule has 2 nitrogen and oxygen atoms in total. The maximum atomic E-state index is 5.20. The summed E-state index contributed by atoms with van der Waals surface area (Å²) in [7, 11) is 1.70. The van der Waals surface area contributed by atoms with Gasteiger partial charge in [0, 0.05) is 18.3 Å². The van der Waals surface area contributed by atoms with Crippen LogP contribution in [-0.2, 0) is 0 Å². The standard InChI is InChI=1S/C16H23NO/c1-16(2,3)17-11-5-6-14(12-17)13-7-9-15(18-4)10-8-13/h7-10,12H,5-6,11H2,1-4H3. The zero-order valence-corrected chi connectivity index (χ0v) is 11.9. The number of rotatable bonds is 2. The van der Waals surface area contributed by atoms with Gasteiger partial charge in [-0.25, -0.2) is 0 Å². The highest BCUT2D eigenvalue weighted by atomic mass is 16.5. The summed E-state index contributed by atoms with van der Waals surface area (Å²) in [6, 6.07) is 8.37. The second-order valence-corrected chi connectivity index (χ2v) is 5.85. The lowest BCUT2D eigenvalue weighted by molar-refractivity contribution is 0.198. The summed E-state index contributed by atoms with van der Waals surface area (Å²) in [4.78, 5) is 2.44. The van der Waals surface area contributed by atoms with Crippen LogP contribution < -0.4 is 4.74 Å². The largest absolute Gasteiger partial charge is 0.497 e. The number of benzene rings is 1. The van der Waals surface area contributed by atoms with Crippen molar-refractivity contribution in [2.45, 2.75) is 39.2 Å². The number of hydrogen-bond acceptors (Lipinski definition) is 2. The van der Waals surface area contributed by atoms with Crippen LogP contribution in [0.3, 0.4) is 0 Å². The van der Waals surface area contributed by atoms with Crippen LogP contribution in [0.2, 0.25) is 0 Å². The Kier molecular flexibility index (Phi) is 3.65. The Morgan fingerprint density at radius 1 is 1.11 bits per heavy atom. The molecule has 0 aliphatic carbocycles. The average molecular weight is 245 g/mol. The Bertz CT molecular complexity index is 425. The minimum Gasteiger partial charge on any atom is -0.497 e. The molecule has 0 fully saturated rings. The van der Waals surface area contributed by atoms with Crippen LogP contribution in [-0.4, -0.2) is 24.1 Å². The van der Waals surface area contributed by atoms with Crippen molar-refractivity contribution in [3.8, 4) is 5.75 Å². The molecule has 0 N–H and O–H groups in total. The van der Waals surface area contributed by atoms with E-state index < -0.39 is 0 Å². The van der Waals surface area contributed by atoms with Gasteiger partial charge in [-0.15, -0.1) is 0 Å². The van der Waals surface area contributed by atoms with E-state index in [0.717, 1.165) is 12.3 Å². The number of hydrogen-bond donors (Lipinski definition) is 0. The highest BCUT2D eigenvalue weighted by Crippen LogP contribution is 2.29. The molecule has 0 saturated carbocycles. The van der Waals surface area contributed by atoms with E-state index in [2.05, 4.69) is 44.0 Å². The molecular weight excluding hydrogens is 222 g/mol. The first-order chi connectivity index (χ1) is 8.50. The van der Waals surface area contributed by atoms with Gasteiger partial charge in [0.2, 0.25) is 0 Å². The maximum Gasteiger partial charge on any atom is 0.118 e. The molecule has 0 radical (unpaired) electrons. The van der Waals surface area contributed by atoms with Gasteiger partial charge in [-0.1, -0.05) is 12.1 Å². The summed E-state index contributed by atoms with van der Waals surface area (Å²) >= 11 is 0. The summed E-state index contributed by atoms with van der Waals surface area (Å²) in [5.41, 5.74) is 2.95. The fraction of sp³-hybridized carbons (Fsp3) is 0.500. The molecule has 2 rings (SSSR count). The molecule has 0 saturated heterocycles. The van der Waals surface area contributed by atoms with Gasteiger partial charge in [-0.05, 0) is 56.9 Å². The highest BCUT2D eigenvalue weighted by molar-refractivity contribution is 5.66. The summed E-state index contributed by atoms with van der Waals surface area (Å²) in [6.45, 7) is 7.95. The van der Waals surface area contributed by atoms with E-state index in [0.29, 0.717) is 0 Å². The van der Waals surface area contributed by atoms with E-state index in [1.54, 1.807) is 7.11 Å². The van der Waals surface area contributed by atoms with Gasteiger partial charge < -0.3 is 9.64 Å². The fourth-order valence-electron chi connectivity index (χ4n) is 2.31. The van der Waals surface area contributed by atoms with Crippen LogP contribution in [0.1, 0.15) is 39.2 Å². The Labute approximate surface area is 110 Å². The molecule has 1 aliphatic rings. The van der Waals surface area contributed by atoms with E-state index in [-0.39, 0.29) is 5.54 Å². The highest BCUT2D eigenvalue weighted by Gasteiger charge is 2.21. The quantitative estimate of drug-likeness (QED) is 0.782. The summed E-state index contributed by atoms with van der Waals surface area (Å²) in [6.07, 6.45) is 4.72. The molecule has 0 aromatic heterocycles. The maximum absolute atomic E-state index is 5.20. The van der Waals surface area contributed by atoms with Gasteiger partial charge >= 0.3 is 0 Å². The number of nitrogens with zero attached hydrogens (tertiary/aromatic N) is 1. The fourth-order valence-corrected chi connectivity index (χ4v) is 2.31. The van der Waals surface area contributed by atoms with E-state index in [1.165, 1.54) is 24.0 Å². The molecule has 2 heteroatoms. The molecule has 0 atom stereocenters. The molecule has 0 unspecified atom stereocenters. The third-order valence-electron chi connectivity index (χ3n) is 3.48. The van der Waals surface area contributed by atoms with Crippen molar-refractivity contribution in [3.63, 3.8) is 0 Å².